The molecule has 0 amide bonds. The molecule has 4 heteroatoms. The summed E-state index contributed by atoms with van der Waals surface area (Å²) in [4.78, 5) is 4.32. The van der Waals surface area contributed by atoms with E-state index in [9.17, 15) is 0 Å². The zero-order chi connectivity index (χ0) is 14.4. The summed E-state index contributed by atoms with van der Waals surface area (Å²) in [5, 5.41) is 9.05. The molecule has 0 saturated heterocycles. The average Bonchev–Trinajstić information content (AvgIpc) is 2.49. The molecule has 1 aromatic heterocycles. The minimum Gasteiger partial charge on any atom is -0.455 e. The second kappa shape index (κ2) is 7.03. The monoisotopic (exact) mass is 272 g/mol. The SMILES string of the molecule is CC[C@H](N)c1ccc(Oc2ccccc2CCO)cn1. The van der Waals surface area contributed by atoms with E-state index in [0.717, 1.165) is 23.4 Å². The molecule has 0 unspecified atom stereocenters. The maximum atomic E-state index is 9.05. The van der Waals surface area contributed by atoms with E-state index >= 15 is 0 Å². The van der Waals surface area contributed by atoms with E-state index in [1.54, 1.807) is 6.20 Å². The number of rotatable bonds is 6. The van der Waals surface area contributed by atoms with E-state index in [1.807, 2.05) is 43.3 Å². The third-order valence-corrected chi connectivity index (χ3v) is 3.16. The molecule has 1 atom stereocenters. The lowest BCUT2D eigenvalue weighted by molar-refractivity contribution is 0.298. The van der Waals surface area contributed by atoms with Crippen LogP contribution in [0.5, 0.6) is 11.5 Å². The van der Waals surface area contributed by atoms with Gasteiger partial charge in [0.05, 0.1) is 11.9 Å². The van der Waals surface area contributed by atoms with Gasteiger partial charge in [0.1, 0.15) is 11.5 Å². The number of ether oxygens (including phenoxy) is 1. The minimum atomic E-state index is -0.0364. The lowest BCUT2D eigenvalue weighted by Gasteiger charge is -2.12. The smallest absolute Gasteiger partial charge is 0.145 e. The van der Waals surface area contributed by atoms with Gasteiger partial charge in [0.25, 0.3) is 0 Å². The lowest BCUT2D eigenvalue weighted by atomic mass is 10.1. The van der Waals surface area contributed by atoms with E-state index in [4.69, 9.17) is 15.6 Å². The Labute approximate surface area is 119 Å². The van der Waals surface area contributed by atoms with Gasteiger partial charge in [0.2, 0.25) is 0 Å². The van der Waals surface area contributed by atoms with Gasteiger partial charge in [-0.1, -0.05) is 25.1 Å². The summed E-state index contributed by atoms with van der Waals surface area (Å²) < 4.78 is 5.82. The summed E-state index contributed by atoms with van der Waals surface area (Å²) in [6.45, 7) is 2.13. The molecule has 4 nitrogen and oxygen atoms in total. The van der Waals surface area contributed by atoms with Crippen molar-refractivity contribution >= 4 is 0 Å². The second-order valence-electron chi connectivity index (χ2n) is 4.62. The van der Waals surface area contributed by atoms with E-state index < -0.39 is 0 Å². The van der Waals surface area contributed by atoms with Crippen LogP contribution in [0.2, 0.25) is 0 Å². The molecule has 1 heterocycles. The van der Waals surface area contributed by atoms with Gasteiger partial charge in [0.15, 0.2) is 0 Å². The first-order chi connectivity index (χ1) is 9.74. The maximum absolute atomic E-state index is 9.05. The Balaban J connectivity index is 2.14. The van der Waals surface area contributed by atoms with Crippen LogP contribution in [0.4, 0.5) is 0 Å². The first-order valence-electron chi connectivity index (χ1n) is 6.82. The third kappa shape index (κ3) is 3.56. The van der Waals surface area contributed by atoms with E-state index in [1.165, 1.54) is 0 Å². The molecular formula is C16H20N2O2. The highest BCUT2D eigenvalue weighted by molar-refractivity contribution is 5.37. The molecule has 0 spiro atoms. The zero-order valence-corrected chi connectivity index (χ0v) is 11.6. The Bertz CT molecular complexity index is 540. The summed E-state index contributed by atoms with van der Waals surface area (Å²) in [6, 6.07) is 11.4. The summed E-state index contributed by atoms with van der Waals surface area (Å²) >= 11 is 0. The molecule has 0 saturated carbocycles. The molecule has 0 aliphatic heterocycles. The van der Waals surface area contributed by atoms with Crippen molar-refractivity contribution in [3.63, 3.8) is 0 Å². The molecule has 0 aliphatic carbocycles. The van der Waals surface area contributed by atoms with Crippen LogP contribution in [0.15, 0.2) is 42.6 Å². The van der Waals surface area contributed by atoms with Crippen molar-refractivity contribution in [2.75, 3.05) is 6.61 Å². The number of nitrogens with two attached hydrogens (primary N) is 1. The number of hydrogen-bond acceptors (Lipinski definition) is 4. The summed E-state index contributed by atoms with van der Waals surface area (Å²) in [5.74, 6) is 1.42. The Kier molecular flexibility index (Phi) is 5.09. The number of pyridine rings is 1. The Morgan fingerprint density at radius 2 is 2.05 bits per heavy atom. The van der Waals surface area contributed by atoms with Gasteiger partial charge >= 0.3 is 0 Å². The summed E-state index contributed by atoms with van der Waals surface area (Å²) in [7, 11) is 0. The number of para-hydroxylation sites is 1. The number of aliphatic hydroxyl groups excluding tert-OH is 1. The highest BCUT2D eigenvalue weighted by Crippen LogP contribution is 2.25. The van der Waals surface area contributed by atoms with Crippen LogP contribution in [0.1, 0.15) is 30.6 Å². The quantitative estimate of drug-likeness (QED) is 0.848. The lowest BCUT2D eigenvalue weighted by Crippen LogP contribution is -2.10. The number of hydrogen-bond donors (Lipinski definition) is 2. The average molecular weight is 272 g/mol. The highest BCUT2D eigenvalue weighted by Gasteiger charge is 2.07. The standard InChI is InChI=1S/C16H20N2O2/c1-2-14(17)15-8-7-13(11-18-15)20-16-6-4-3-5-12(16)9-10-19/h3-8,11,14,19H,2,9-10,17H2,1H3/t14-/m0/s1. The molecule has 0 radical (unpaired) electrons. The first kappa shape index (κ1) is 14.5. The Morgan fingerprint density at radius 3 is 2.70 bits per heavy atom. The fourth-order valence-electron chi connectivity index (χ4n) is 1.94. The molecule has 0 aliphatic rings. The topological polar surface area (TPSA) is 68.4 Å². The Hall–Kier alpha value is -1.91. The van der Waals surface area contributed by atoms with Crippen LogP contribution in [0.3, 0.4) is 0 Å². The summed E-state index contributed by atoms with van der Waals surface area (Å²) in [5.41, 5.74) is 7.77. The molecule has 2 rings (SSSR count). The number of aliphatic hydroxyl groups is 1. The summed E-state index contributed by atoms with van der Waals surface area (Å²) in [6.07, 6.45) is 3.11. The van der Waals surface area contributed by atoms with Crippen LogP contribution in [0.25, 0.3) is 0 Å². The third-order valence-electron chi connectivity index (χ3n) is 3.16. The van der Waals surface area contributed by atoms with Crippen LogP contribution in [0, 0.1) is 0 Å². The van der Waals surface area contributed by atoms with Gasteiger partial charge in [-0.25, -0.2) is 0 Å². The van der Waals surface area contributed by atoms with E-state index in [0.29, 0.717) is 12.2 Å². The second-order valence-corrected chi connectivity index (χ2v) is 4.62. The van der Waals surface area contributed by atoms with Crippen LogP contribution < -0.4 is 10.5 Å². The molecule has 3 N–H and O–H groups in total. The van der Waals surface area contributed by atoms with Crippen molar-refractivity contribution in [3.8, 4) is 11.5 Å². The van der Waals surface area contributed by atoms with Crippen LogP contribution >= 0.6 is 0 Å². The van der Waals surface area contributed by atoms with E-state index in [2.05, 4.69) is 4.98 Å². The van der Waals surface area contributed by atoms with Gasteiger partial charge in [0, 0.05) is 12.6 Å². The molecule has 2 aromatic rings. The number of nitrogens with zero attached hydrogens (tertiary/aromatic N) is 1. The highest BCUT2D eigenvalue weighted by atomic mass is 16.5. The molecule has 106 valence electrons. The van der Waals surface area contributed by atoms with Crippen molar-refractivity contribution in [2.24, 2.45) is 5.73 Å². The van der Waals surface area contributed by atoms with E-state index in [-0.39, 0.29) is 12.6 Å². The predicted molar refractivity (Wildman–Crippen MR) is 78.8 cm³/mol. The maximum Gasteiger partial charge on any atom is 0.145 e. The fourth-order valence-corrected chi connectivity index (χ4v) is 1.94. The molecule has 1 aromatic carbocycles. The van der Waals surface area contributed by atoms with Crippen molar-refractivity contribution < 1.29 is 9.84 Å². The normalized spacial score (nSPS) is 12.2. The predicted octanol–water partition coefficient (Wildman–Crippen LogP) is 2.82. The zero-order valence-electron chi connectivity index (χ0n) is 11.6. The van der Waals surface area contributed by atoms with Crippen molar-refractivity contribution in [1.29, 1.82) is 0 Å². The minimum absolute atomic E-state index is 0.0364. The van der Waals surface area contributed by atoms with Gasteiger partial charge in [-0.3, -0.25) is 4.98 Å². The molecular weight excluding hydrogens is 252 g/mol. The Morgan fingerprint density at radius 1 is 1.25 bits per heavy atom. The number of benzene rings is 1. The largest absolute Gasteiger partial charge is 0.455 e. The first-order valence-corrected chi connectivity index (χ1v) is 6.82. The van der Waals surface area contributed by atoms with Crippen LogP contribution in [-0.4, -0.2) is 16.7 Å². The van der Waals surface area contributed by atoms with Gasteiger partial charge in [-0.2, -0.15) is 0 Å². The van der Waals surface area contributed by atoms with Crippen LogP contribution in [-0.2, 0) is 6.42 Å². The van der Waals surface area contributed by atoms with Gasteiger partial charge in [-0.15, -0.1) is 0 Å². The molecule has 0 fully saturated rings. The van der Waals surface area contributed by atoms with Gasteiger partial charge in [-0.05, 0) is 36.6 Å². The fraction of sp³-hybridized carbons (Fsp3) is 0.312. The van der Waals surface area contributed by atoms with Gasteiger partial charge < -0.3 is 15.6 Å². The molecule has 0 bridgehead atoms. The van der Waals surface area contributed by atoms with Crippen molar-refractivity contribution in [3.05, 3.63) is 53.9 Å². The van der Waals surface area contributed by atoms with Crippen molar-refractivity contribution in [2.45, 2.75) is 25.8 Å². The molecule has 20 heavy (non-hydrogen) atoms. The van der Waals surface area contributed by atoms with Crippen molar-refractivity contribution in [1.82, 2.24) is 4.98 Å². The number of aromatic nitrogens is 1.